The molecule has 0 aliphatic carbocycles. The van der Waals surface area contributed by atoms with E-state index >= 15 is 0 Å². The maximum absolute atomic E-state index is 12.6. The van der Waals surface area contributed by atoms with Gasteiger partial charge in [0, 0.05) is 5.56 Å². The standard InChI is InChI=1S/C19H18O5/c1-10-7-11(2)16-15(8-10)24-19(18(21)17(16)20)12-5-6-13(22-3)14(9-12)23-4/h5-9,21H,1-4H3. The summed E-state index contributed by atoms with van der Waals surface area (Å²) in [4.78, 5) is 12.6. The van der Waals surface area contributed by atoms with Gasteiger partial charge in [0.15, 0.2) is 17.3 Å². The highest BCUT2D eigenvalue weighted by Crippen LogP contribution is 2.36. The number of benzene rings is 2. The van der Waals surface area contributed by atoms with E-state index in [0.29, 0.717) is 28.0 Å². The second-order valence-corrected chi connectivity index (χ2v) is 5.63. The lowest BCUT2D eigenvalue weighted by atomic mass is 10.0. The zero-order chi connectivity index (χ0) is 17.4. The van der Waals surface area contributed by atoms with Crippen molar-refractivity contribution < 1.29 is 19.0 Å². The average Bonchev–Trinajstić information content (AvgIpc) is 2.56. The predicted molar refractivity (Wildman–Crippen MR) is 92.2 cm³/mol. The number of fused-ring (bicyclic) bond motifs is 1. The minimum absolute atomic E-state index is 0.110. The van der Waals surface area contributed by atoms with Crippen molar-refractivity contribution in [2.75, 3.05) is 14.2 Å². The van der Waals surface area contributed by atoms with Crippen molar-refractivity contribution >= 4 is 11.0 Å². The third-order valence-corrected chi connectivity index (χ3v) is 3.96. The number of aromatic hydroxyl groups is 1. The average molecular weight is 326 g/mol. The summed E-state index contributed by atoms with van der Waals surface area (Å²) in [6, 6.07) is 8.72. The molecule has 0 aliphatic heterocycles. The number of hydrogen-bond donors (Lipinski definition) is 1. The molecule has 5 heteroatoms. The van der Waals surface area contributed by atoms with Crippen molar-refractivity contribution in [3.8, 4) is 28.6 Å². The molecule has 5 nitrogen and oxygen atoms in total. The monoisotopic (exact) mass is 326 g/mol. The number of ether oxygens (including phenoxy) is 2. The number of rotatable bonds is 3. The maximum Gasteiger partial charge on any atom is 0.235 e. The zero-order valence-electron chi connectivity index (χ0n) is 14.0. The minimum atomic E-state index is -0.446. The molecule has 1 heterocycles. The Morgan fingerprint density at radius 1 is 1.00 bits per heavy atom. The van der Waals surface area contributed by atoms with Gasteiger partial charge < -0.3 is 19.0 Å². The van der Waals surface area contributed by atoms with Gasteiger partial charge in [-0.1, -0.05) is 6.07 Å². The molecule has 124 valence electrons. The van der Waals surface area contributed by atoms with Gasteiger partial charge in [0.05, 0.1) is 19.6 Å². The first-order chi connectivity index (χ1) is 11.5. The van der Waals surface area contributed by atoms with Gasteiger partial charge in [0.1, 0.15) is 5.58 Å². The Balaban J connectivity index is 2.31. The van der Waals surface area contributed by atoms with E-state index in [1.807, 2.05) is 19.9 Å². The van der Waals surface area contributed by atoms with Crippen molar-refractivity contribution in [1.29, 1.82) is 0 Å². The van der Waals surface area contributed by atoms with Crippen molar-refractivity contribution in [3.63, 3.8) is 0 Å². The molecule has 3 rings (SSSR count). The highest BCUT2D eigenvalue weighted by Gasteiger charge is 2.18. The molecule has 1 aromatic heterocycles. The second-order valence-electron chi connectivity index (χ2n) is 5.63. The van der Waals surface area contributed by atoms with Crippen molar-refractivity contribution in [1.82, 2.24) is 0 Å². The van der Waals surface area contributed by atoms with Crippen LogP contribution in [0.3, 0.4) is 0 Å². The molecular weight excluding hydrogens is 308 g/mol. The SMILES string of the molecule is COc1ccc(-c2oc3cc(C)cc(C)c3c(=O)c2O)cc1OC. The first-order valence-corrected chi connectivity index (χ1v) is 7.45. The lowest BCUT2D eigenvalue weighted by molar-refractivity contribution is 0.355. The smallest absolute Gasteiger partial charge is 0.235 e. The lowest BCUT2D eigenvalue weighted by Gasteiger charge is -2.11. The van der Waals surface area contributed by atoms with Gasteiger partial charge in [-0.2, -0.15) is 0 Å². The van der Waals surface area contributed by atoms with Crippen molar-refractivity contribution in [2.24, 2.45) is 0 Å². The lowest BCUT2D eigenvalue weighted by Crippen LogP contribution is -2.05. The van der Waals surface area contributed by atoms with Crippen LogP contribution in [-0.2, 0) is 0 Å². The molecule has 0 atom stereocenters. The molecule has 24 heavy (non-hydrogen) atoms. The van der Waals surface area contributed by atoms with Gasteiger partial charge in [-0.05, 0) is 49.2 Å². The van der Waals surface area contributed by atoms with Crippen LogP contribution in [0, 0.1) is 13.8 Å². The Morgan fingerprint density at radius 2 is 1.71 bits per heavy atom. The van der Waals surface area contributed by atoms with Crippen molar-refractivity contribution in [3.05, 3.63) is 51.7 Å². The molecule has 0 amide bonds. The highest BCUT2D eigenvalue weighted by atomic mass is 16.5. The van der Waals surface area contributed by atoms with Crippen LogP contribution >= 0.6 is 0 Å². The normalized spacial score (nSPS) is 10.8. The summed E-state index contributed by atoms with van der Waals surface area (Å²) < 4.78 is 16.3. The summed E-state index contributed by atoms with van der Waals surface area (Å²) in [5.74, 6) is 0.730. The molecule has 0 radical (unpaired) electrons. The van der Waals surface area contributed by atoms with E-state index < -0.39 is 11.2 Å². The Bertz CT molecular complexity index is 985. The third-order valence-electron chi connectivity index (χ3n) is 3.96. The van der Waals surface area contributed by atoms with Gasteiger partial charge in [-0.15, -0.1) is 0 Å². The Kier molecular flexibility index (Phi) is 3.93. The second kappa shape index (κ2) is 5.92. The molecule has 0 aliphatic rings. The molecule has 0 saturated carbocycles. The Hall–Kier alpha value is -2.95. The summed E-state index contributed by atoms with van der Waals surface area (Å²) in [5.41, 5.74) is 2.28. The molecule has 0 saturated heterocycles. The first kappa shape index (κ1) is 15.9. The molecule has 3 aromatic rings. The predicted octanol–water partition coefficient (Wildman–Crippen LogP) is 3.80. The van der Waals surface area contributed by atoms with Gasteiger partial charge in [-0.3, -0.25) is 4.79 Å². The molecule has 0 fully saturated rings. The van der Waals surface area contributed by atoms with Crippen LogP contribution in [0.1, 0.15) is 11.1 Å². The van der Waals surface area contributed by atoms with Crippen LogP contribution < -0.4 is 14.9 Å². The minimum Gasteiger partial charge on any atom is -0.502 e. The van der Waals surface area contributed by atoms with Gasteiger partial charge >= 0.3 is 0 Å². The summed E-state index contributed by atoms with van der Waals surface area (Å²) in [6.07, 6.45) is 0. The van der Waals surface area contributed by atoms with Gasteiger partial charge in [0.2, 0.25) is 11.2 Å². The van der Waals surface area contributed by atoms with E-state index in [4.69, 9.17) is 13.9 Å². The van der Waals surface area contributed by atoms with Crippen LogP contribution in [0.4, 0.5) is 0 Å². The summed E-state index contributed by atoms with van der Waals surface area (Å²) in [5, 5.41) is 10.7. The first-order valence-electron chi connectivity index (χ1n) is 7.45. The molecule has 0 spiro atoms. The van der Waals surface area contributed by atoms with Crippen molar-refractivity contribution in [2.45, 2.75) is 13.8 Å². The van der Waals surface area contributed by atoms with E-state index in [1.54, 1.807) is 24.3 Å². The third kappa shape index (κ3) is 2.48. The molecular formula is C19H18O5. The quantitative estimate of drug-likeness (QED) is 0.793. The Labute approximate surface area is 139 Å². The maximum atomic E-state index is 12.6. The van der Waals surface area contributed by atoms with Crippen LogP contribution in [0.5, 0.6) is 17.2 Å². The molecule has 0 unspecified atom stereocenters. The van der Waals surface area contributed by atoms with Gasteiger partial charge in [-0.25, -0.2) is 0 Å². The van der Waals surface area contributed by atoms with E-state index in [-0.39, 0.29) is 5.76 Å². The van der Waals surface area contributed by atoms with Crippen LogP contribution in [0.25, 0.3) is 22.3 Å². The van der Waals surface area contributed by atoms with Crippen LogP contribution in [0.2, 0.25) is 0 Å². The zero-order valence-corrected chi connectivity index (χ0v) is 14.0. The van der Waals surface area contributed by atoms with Crippen LogP contribution in [0.15, 0.2) is 39.5 Å². The molecule has 1 N–H and O–H groups in total. The summed E-state index contributed by atoms with van der Waals surface area (Å²) >= 11 is 0. The van der Waals surface area contributed by atoms with Crippen LogP contribution in [-0.4, -0.2) is 19.3 Å². The topological polar surface area (TPSA) is 68.9 Å². The summed E-state index contributed by atoms with van der Waals surface area (Å²) in [6.45, 7) is 3.75. The van der Waals surface area contributed by atoms with E-state index in [0.717, 1.165) is 11.1 Å². The fraction of sp³-hybridized carbons (Fsp3) is 0.211. The molecule has 2 aromatic carbocycles. The van der Waals surface area contributed by atoms with Gasteiger partial charge in [0.25, 0.3) is 0 Å². The highest BCUT2D eigenvalue weighted by molar-refractivity contribution is 5.85. The Morgan fingerprint density at radius 3 is 2.38 bits per heavy atom. The number of aryl methyl sites for hydroxylation is 2. The molecule has 0 bridgehead atoms. The van der Waals surface area contributed by atoms with E-state index in [1.165, 1.54) is 14.2 Å². The summed E-state index contributed by atoms with van der Waals surface area (Å²) in [7, 11) is 3.06. The fourth-order valence-corrected chi connectivity index (χ4v) is 2.85. The number of methoxy groups -OCH3 is 2. The fourth-order valence-electron chi connectivity index (χ4n) is 2.85. The van der Waals surface area contributed by atoms with E-state index in [9.17, 15) is 9.90 Å². The number of hydrogen-bond acceptors (Lipinski definition) is 5. The largest absolute Gasteiger partial charge is 0.502 e. The van der Waals surface area contributed by atoms with E-state index in [2.05, 4.69) is 0 Å².